The molecule has 8 nitrogen and oxygen atoms in total. The van der Waals surface area contributed by atoms with Crippen LogP contribution in [0.4, 0.5) is 4.39 Å². The van der Waals surface area contributed by atoms with E-state index < -0.39 is 53.2 Å². The van der Waals surface area contributed by atoms with Crippen molar-refractivity contribution in [3.05, 3.63) is 64.7 Å². The van der Waals surface area contributed by atoms with E-state index in [0.717, 1.165) is 0 Å². The highest BCUT2D eigenvalue weighted by molar-refractivity contribution is 6.01. The van der Waals surface area contributed by atoms with Crippen LogP contribution in [0, 0.1) is 23.6 Å². The van der Waals surface area contributed by atoms with Gasteiger partial charge in [-0.05, 0) is 79.0 Å². The topological polar surface area (TPSA) is 164 Å². The second-order valence-electron chi connectivity index (χ2n) is 9.20. The predicted octanol–water partition coefficient (Wildman–Crippen LogP) is 2.68. The van der Waals surface area contributed by atoms with Crippen molar-refractivity contribution in [1.82, 2.24) is 0 Å². The summed E-state index contributed by atoms with van der Waals surface area (Å²) in [6, 6.07) is 9.07. The molecule has 7 N–H and O–H groups in total. The Labute approximate surface area is 208 Å². The lowest BCUT2D eigenvalue weighted by Crippen LogP contribution is -2.38. The van der Waals surface area contributed by atoms with Gasteiger partial charge in [0.1, 0.15) is 17.3 Å². The molecule has 1 aliphatic carbocycles. The fourth-order valence-electron chi connectivity index (χ4n) is 5.19. The van der Waals surface area contributed by atoms with Crippen LogP contribution in [0.5, 0.6) is 5.75 Å². The van der Waals surface area contributed by atoms with Crippen molar-refractivity contribution < 1.29 is 34.1 Å². The highest BCUT2D eigenvalue weighted by Gasteiger charge is 2.42. The van der Waals surface area contributed by atoms with Gasteiger partial charge in [0.2, 0.25) is 5.91 Å². The zero-order chi connectivity index (χ0) is 26.6. The number of rotatable bonds is 10. The van der Waals surface area contributed by atoms with E-state index in [1.165, 1.54) is 19.1 Å². The molecule has 0 saturated carbocycles. The van der Waals surface area contributed by atoms with E-state index in [4.69, 9.17) is 11.5 Å². The van der Waals surface area contributed by atoms with Gasteiger partial charge >= 0.3 is 0 Å². The van der Waals surface area contributed by atoms with Crippen LogP contribution in [-0.4, -0.2) is 39.4 Å². The minimum absolute atomic E-state index is 0.0341. The van der Waals surface area contributed by atoms with Crippen LogP contribution >= 0.6 is 0 Å². The molecule has 0 spiro atoms. The first-order chi connectivity index (χ1) is 17.1. The lowest BCUT2D eigenvalue weighted by molar-refractivity contribution is -0.130. The van der Waals surface area contributed by atoms with E-state index in [1.54, 1.807) is 24.3 Å². The zero-order valence-corrected chi connectivity index (χ0v) is 20.0. The van der Waals surface area contributed by atoms with Crippen LogP contribution in [0.15, 0.2) is 47.7 Å². The summed E-state index contributed by atoms with van der Waals surface area (Å²) in [5.74, 6) is -4.92. The lowest BCUT2D eigenvalue weighted by Gasteiger charge is -2.36. The van der Waals surface area contributed by atoms with Crippen molar-refractivity contribution in [3.8, 4) is 16.9 Å². The Morgan fingerprint density at radius 2 is 1.75 bits per heavy atom. The monoisotopic (exact) mass is 498 g/mol. The zero-order valence-electron chi connectivity index (χ0n) is 20.0. The molecule has 3 atom stereocenters. The van der Waals surface area contributed by atoms with Gasteiger partial charge in [0, 0.05) is 24.3 Å². The number of Topliss-reactive ketones (excluding diaryl/α,β-unsaturated/α-hetero) is 2. The maximum absolute atomic E-state index is 13.6. The third-order valence-electron chi connectivity index (χ3n) is 6.76. The quantitative estimate of drug-likeness (QED) is 0.314. The highest BCUT2D eigenvalue weighted by atomic mass is 19.1. The molecule has 1 aliphatic rings. The molecule has 0 bridgehead atoms. The molecule has 1 amide bonds. The summed E-state index contributed by atoms with van der Waals surface area (Å²) in [4.78, 5) is 36.8. The number of aliphatic hydroxyl groups excluding tert-OH is 2. The number of aliphatic hydroxyl groups is 2. The number of aromatic hydroxyl groups is 1. The van der Waals surface area contributed by atoms with Gasteiger partial charge in [-0.2, -0.15) is 0 Å². The number of nitrogens with two attached hydrogens (primary N) is 2. The van der Waals surface area contributed by atoms with E-state index in [-0.39, 0.29) is 43.7 Å². The Kier molecular flexibility index (Phi) is 8.60. The maximum Gasteiger partial charge on any atom is 0.224 e. The first-order valence-corrected chi connectivity index (χ1v) is 11.7. The lowest BCUT2D eigenvalue weighted by atomic mass is 9.67. The Morgan fingerprint density at radius 3 is 2.31 bits per heavy atom. The number of primary amides is 1. The normalized spacial score (nSPS) is 19.8. The third-order valence-corrected chi connectivity index (χ3v) is 6.76. The summed E-state index contributed by atoms with van der Waals surface area (Å²) >= 11 is 0. The molecule has 0 aliphatic heterocycles. The van der Waals surface area contributed by atoms with Crippen molar-refractivity contribution in [2.75, 3.05) is 6.61 Å². The van der Waals surface area contributed by atoms with Crippen molar-refractivity contribution in [2.45, 2.75) is 39.2 Å². The van der Waals surface area contributed by atoms with Gasteiger partial charge in [-0.3, -0.25) is 14.4 Å². The van der Waals surface area contributed by atoms with Gasteiger partial charge in [-0.1, -0.05) is 12.1 Å². The smallest absolute Gasteiger partial charge is 0.224 e. The van der Waals surface area contributed by atoms with Crippen LogP contribution in [0.2, 0.25) is 0 Å². The molecule has 2 aromatic rings. The Bertz CT molecular complexity index is 1190. The molecule has 2 aromatic carbocycles. The van der Waals surface area contributed by atoms with Gasteiger partial charge in [-0.25, -0.2) is 4.39 Å². The first-order valence-electron chi connectivity index (χ1n) is 11.7. The number of allylic oxidation sites excluding steroid dienone is 2. The van der Waals surface area contributed by atoms with Crippen LogP contribution in [-0.2, 0) is 27.3 Å². The van der Waals surface area contributed by atoms with Crippen molar-refractivity contribution >= 4 is 17.5 Å². The minimum atomic E-state index is -1.12. The van der Waals surface area contributed by atoms with E-state index >= 15 is 0 Å². The summed E-state index contributed by atoms with van der Waals surface area (Å²) in [5, 5.41) is 31.2. The van der Waals surface area contributed by atoms with Gasteiger partial charge in [-0.15, -0.1) is 0 Å². The molecule has 2 unspecified atom stereocenters. The fourth-order valence-corrected chi connectivity index (χ4v) is 5.19. The van der Waals surface area contributed by atoms with Crippen LogP contribution in [0.3, 0.4) is 0 Å². The van der Waals surface area contributed by atoms with Crippen LogP contribution in [0.25, 0.3) is 11.1 Å². The first kappa shape index (κ1) is 27.0. The number of hydrogen-bond donors (Lipinski definition) is 5. The fraction of sp³-hybridized carbons (Fsp3) is 0.370. The number of carbonyl (C=O) groups is 3. The van der Waals surface area contributed by atoms with Crippen LogP contribution in [0.1, 0.15) is 37.3 Å². The number of carbonyl (C=O) groups excluding carboxylic acids is 3. The molecule has 0 saturated heterocycles. The molecule has 0 heterocycles. The van der Waals surface area contributed by atoms with Crippen LogP contribution < -0.4 is 11.5 Å². The Balaban J connectivity index is 2.11. The van der Waals surface area contributed by atoms with Gasteiger partial charge < -0.3 is 26.8 Å². The highest BCUT2D eigenvalue weighted by Crippen LogP contribution is 2.43. The summed E-state index contributed by atoms with van der Waals surface area (Å²) < 4.78 is 13.6. The number of halogens is 1. The second kappa shape index (κ2) is 11.5. The summed E-state index contributed by atoms with van der Waals surface area (Å²) in [7, 11) is 0. The molecule has 36 heavy (non-hydrogen) atoms. The van der Waals surface area contributed by atoms with E-state index in [0.29, 0.717) is 22.3 Å². The predicted molar refractivity (Wildman–Crippen MR) is 131 cm³/mol. The van der Waals surface area contributed by atoms with Gasteiger partial charge in [0.25, 0.3) is 0 Å². The summed E-state index contributed by atoms with van der Waals surface area (Å²) in [6.45, 7) is 1.11. The average molecular weight is 499 g/mol. The molecule has 9 heteroatoms. The third kappa shape index (κ3) is 5.80. The van der Waals surface area contributed by atoms with Gasteiger partial charge in [0.05, 0.1) is 12.3 Å². The molecule has 192 valence electrons. The SMILES string of the molecule is CC(=O)C1=C(O)C(C(=O)CC(N)=O)C(CCO)C[C@@H]1Cc1cc(O)c(CN)cc1-c1ccc(F)cc1. The Morgan fingerprint density at radius 1 is 1.08 bits per heavy atom. The number of hydrogen-bond acceptors (Lipinski definition) is 7. The molecular weight excluding hydrogens is 467 g/mol. The average Bonchev–Trinajstić information content (AvgIpc) is 2.79. The molecule has 0 radical (unpaired) electrons. The van der Waals surface area contributed by atoms with Crippen molar-refractivity contribution in [3.63, 3.8) is 0 Å². The molecule has 3 rings (SSSR count). The maximum atomic E-state index is 13.6. The van der Waals surface area contributed by atoms with E-state index in [9.17, 15) is 34.1 Å². The van der Waals surface area contributed by atoms with Crippen molar-refractivity contribution in [2.24, 2.45) is 29.2 Å². The molecular formula is C27H31FN2O6. The number of phenols is 1. The molecule has 0 aromatic heterocycles. The molecule has 0 fully saturated rings. The number of phenolic OH excluding ortho intramolecular Hbond substituents is 1. The minimum Gasteiger partial charge on any atom is -0.511 e. The number of amides is 1. The van der Waals surface area contributed by atoms with E-state index in [1.807, 2.05) is 0 Å². The summed E-state index contributed by atoms with van der Waals surface area (Å²) in [6.07, 6.45) is 0.0679. The van der Waals surface area contributed by atoms with E-state index in [2.05, 4.69) is 0 Å². The number of benzene rings is 2. The standard InChI is InChI=1S/C27H31FN2O6/c1-14(32)25-18(8-16(6-7-31)26(27(25)36)23(34)12-24(30)35)9-17-11-22(33)19(13-29)10-21(17)15-2-4-20(28)5-3-15/h2-5,10-11,16,18,26,31,33,36H,6-9,12-13,29H2,1H3,(H2,30,35)/t16?,18-,26?/m1/s1. The summed E-state index contributed by atoms with van der Waals surface area (Å²) in [5.41, 5.74) is 13.5. The van der Waals surface area contributed by atoms with Crippen molar-refractivity contribution in [1.29, 1.82) is 0 Å². The second-order valence-corrected chi connectivity index (χ2v) is 9.20. The number of ketones is 2. The largest absolute Gasteiger partial charge is 0.511 e. The Hall–Kier alpha value is -3.56. The van der Waals surface area contributed by atoms with Gasteiger partial charge in [0.15, 0.2) is 11.6 Å².